The molecule has 9 aromatic rings. The highest BCUT2D eigenvalue weighted by Crippen LogP contribution is 2.47. The number of anilines is 1. The zero-order chi connectivity index (χ0) is 37.9. The molecule has 10 rings (SSSR count). The molecule has 4 nitrogen and oxygen atoms in total. The van der Waals surface area contributed by atoms with E-state index in [1.54, 1.807) is 4.90 Å². The molecule has 1 atom stereocenters. The van der Waals surface area contributed by atoms with E-state index in [2.05, 4.69) is 134 Å². The molecule has 56 heavy (non-hydrogen) atoms. The third-order valence-corrected chi connectivity index (χ3v) is 11.4. The van der Waals surface area contributed by atoms with Gasteiger partial charge in [0.05, 0.1) is 28.0 Å². The predicted molar refractivity (Wildman–Crippen MR) is 230 cm³/mol. The molecule has 4 heteroatoms. The highest BCUT2D eigenvalue weighted by Gasteiger charge is 2.40. The highest BCUT2D eigenvalue weighted by atomic mass is 16.3. The summed E-state index contributed by atoms with van der Waals surface area (Å²) < 4.78 is 2.21. The van der Waals surface area contributed by atoms with Gasteiger partial charge in [-0.15, -0.1) is 0 Å². The Bertz CT molecular complexity index is 2880. The Hall–Kier alpha value is -7.01. The molecule has 1 unspecified atom stereocenters. The zero-order valence-corrected chi connectivity index (χ0v) is 31.1. The van der Waals surface area contributed by atoms with E-state index in [0.29, 0.717) is 16.8 Å². The summed E-state index contributed by atoms with van der Waals surface area (Å²) in [5.41, 5.74) is 15.4. The highest BCUT2D eigenvalue weighted by molar-refractivity contribution is 6.17. The fourth-order valence-corrected chi connectivity index (χ4v) is 8.72. The molecule has 1 aromatic heterocycles. The van der Waals surface area contributed by atoms with E-state index in [4.69, 9.17) is 0 Å². The monoisotopic (exact) mass is 722 g/mol. The number of aliphatic hydroxyl groups excluding tert-OH is 1. The summed E-state index contributed by atoms with van der Waals surface area (Å²) in [6, 6.07) is 62.4. The van der Waals surface area contributed by atoms with Crippen LogP contribution in [0.25, 0.3) is 72.0 Å². The van der Waals surface area contributed by atoms with Gasteiger partial charge in [-0.2, -0.15) is 0 Å². The summed E-state index contributed by atoms with van der Waals surface area (Å²) in [6.07, 6.45) is -1.18. The first-order valence-electron chi connectivity index (χ1n) is 19.1. The number of hydrogen-bond acceptors (Lipinski definition) is 2. The molecule has 1 amide bonds. The molecule has 0 saturated heterocycles. The van der Waals surface area contributed by atoms with E-state index in [9.17, 15) is 5.11 Å². The lowest BCUT2D eigenvalue weighted by Crippen LogP contribution is -2.28. The number of aromatic nitrogens is 1. The van der Waals surface area contributed by atoms with E-state index in [0.717, 1.165) is 60.9 Å². The van der Waals surface area contributed by atoms with Gasteiger partial charge in [0.2, 0.25) is 0 Å². The lowest BCUT2D eigenvalue weighted by Gasteiger charge is -2.26. The normalized spacial score (nSPS) is 13.8. The van der Waals surface area contributed by atoms with E-state index in [-0.39, 0.29) is 5.91 Å². The van der Waals surface area contributed by atoms with Gasteiger partial charge in [0.15, 0.2) is 6.23 Å². The molecular formula is C52H38N2O2. The second-order valence-corrected chi connectivity index (χ2v) is 14.7. The van der Waals surface area contributed by atoms with Crippen LogP contribution in [-0.4, -0.2) is 15.6 Å². The van der Waals surface area contributed by atoms with Crippen LogP contribution in [0, 0.1) is 13.8 Å². The maximum absolute atomic E-state index is 15.1. The molecule has 1 aliphatic rings. The first kappa shape index (κ1) is 33.6. The van der Waals surface area contributed by atoms with Crippen LogP contribution in [0.1, 0.15) is 33.3 Å². The standard InChI is InChI=1S/C52H38N2O2/c1-33-15-9-11-21-39(33)37-27-29-45-43(31-37)44-32-38(40-22-12-10-16-34(40)2)28-30-46(44)53(45)48-26-14-24-42-50(48)52(56)54(51(42)55)47-25-13-23-41(35-17-5-3-6-18-35)49(47)36-19-7-4-8-20-36/h3-32,51,55H,1-2H3. The van der Waals surface area contributed by atoms with Gasteiger partial charge >= 0.3 is 0 Å². The molecule has 0 spiro atoms. The summed E-state index contributed by atoms with van der Waals surface area (Å²) in [4.78, 5) is 16.7. The minimum absolute atomic E-state index is 0.242. The molecular weight excluding hydrogens is 685 g/mol. The van der Waals surface area contributed by atoms with Gasteiger partial charge in [0, 0.05) is 21.9 Å². The quantitative estimate of drug-likeness (QED) is 0.186. The molecule has 1 aliphatic heterocycles. The van der Waals surface area contributed by atoms with Crippen molar-refractivity contribution in [2.45, 2.75) is 20.1 Å². The number of amides is 1. The van der Waals surface area contributed by atoms with Crippen molar-refractivity contribution < 1.29 is 9.90 Å². The number of carbonyl (C=O) groups excluding carboxylic acids is 1. The predicted octanol–water partition coefficient (Wildman–Crippen LogP) is 12.7. The molecule has 0 bridgehead atoms. The maximum atomic E-state index is 15.1. The SMILES string of the molecule is Cc1ccccc1-c1ccc2c(c1)c1cc(-c3ccccc3C)ccc1n2-c1cccc2c1C(=O)N(c1cccc(-c3ccccc3)c1-c1ccccc1)C2O. The number of rotatable bonds is 6. The van der Waals surface area contributed by atoms with Crippen LogP contribution in [-0.2, 0) is 0 Å². The van der Waals surface area contributed by atoms with Crippen molar-refractivity contribution in [3.05, 3.63) is 204 Å². The Kier molecular flexibility index (Phi) is 8.02. The average molecular weight is 723 g/mol. The number of nitrogens with zero attached hydrogens (tertiary/aromatic N) is 2. The van der Waals surface area contributed by atoms with Crippen molar-refractivity contribution in [1.29, 1.82) is 0 Å². The van der Waals surface area contributed by atoms with Gasteiger partial charge in [0.1, 0.15) is 0 Å². The van der Waals surface area contributed by atoms with Crippen molar-refractivity contribution in [2.75, 3.05) is 4.90 Å². The molecule has 0 fully saturated rings. The molecule has 8 aromatic carbocycles. The summed E-state index contributed by atoms with van der Waals surface area (Å²) in [7, 11) is 0. The number of aliphatic hydroxyl groups is 1. The number of benzene rings is 8. The molecule has 0 aliphatic carbocycles. The zero-order valence-electron chi connectivity index (χ0n) is 31.1. The Morgan fingerprint density at radius 3 is 1.54 bits per heavy atom. The van der Waals surface area contributed by atoms with Crippen LogP contribution in [0.4, 0.5) is 5.69 Å². The van der Waals surface area contributed by atoms with E-state index in [1.807, 2.05) is 66.7 Å². The van der Waals surface area contributed by atoms with E-state index >= 15 is 4.79 Å². The van der Waals surface area contributed by atoms with Crippen LogP contribution in [0.2, 0.25) is 0 Å². The fourth-order valence-electron chi connectivity index (χ4n) is 8.72. The summed E-state index contributed by atoms with van der Waals surface area (Å²) in [6.45, 7) is 4.29. The molecule has 268 valence electrons. The fraction of sp³-hybridized carbons (Fsp3) is 0.0577. The minimum atomic E-state index is -1.18. The van der Waals surface area contributed by atoms with Crippen LogP contribution in [0.3, 0.4) is 0 Å². The second kappa shape index (κ2) is 13.4. The van der Waals surface area contributed by atoms with Gasteiger partial charge < -0.3 is 9.67 Å². The number of hydrogen-bond donors (Lipinski definition) is 1. The summed E-state index contributed by atoms with van der Waals surface area (Å²) >= 11 is 0. The second-order valence-electron chi connectivity index (χ2n) is 14.7. The van der Waals surface area contributed by atoms with Crippen molar-refractivity contribution >= 4 is 33.4 Å². The largest absolute Gasteiger partial charge is 0.369 e. The van der Waals surface area contributed by atoms with Crippen LogP contribution in [0.15, 0.2) is 182 Å². The molecule has 0 saturated carbocycles. The van der Waals surface area contributed by atoms with Crippen molar-refractivity contribution in [3.8, 4) is 50.2 Å². The minimum Gasteiger partial charge on any atom is -0.369 e. The molecule has 1 N–H and O–H groups in total. The lowest BCUT2D eigenvalue weighted by molar-refractivity contribution is 0.0935. The average Bonchev–Trinajstić information content (AvgIpc) is 3.70. The number of aryl methyl sites for hydroxylation is 2. The van der Waals surface area contributed by atoms with Gasteiger partial charge in [-0.25, -0.2) is 0 Å². The van der Waals surface area contributed by atoms with Gasteiger partial charge in [-0.3, -0.25) is 9.69 Å². The van der Waals surface area contributed by atoms with Crippen LogP contribution < -0.4 is 4.90 Å². The van der Waals surface area contributed by atoms with Gasteiger partial charge in [-0.05, 0) is 100 Å². The molecule has 0 radical (unpaired) electrons. The van der Waals surface area contributed by atoms with E-state index < -0.39 is 6.23 Å². The Labute approximate surface area is 326 Å². The van der Waals surface area contributed by atoms with E-state index in [1.165, 1.54) is 22.3 Å². The Morgan fingerprint density at radius 1 is 0.446 bits per heavy atom. The summed E-state index contributed by atoms with van der Waals surface area (Å²) in [5, 5.41) is 14.4. The third-order valence-electron chi connectivity index (χ3n) is 11.4. The first-order chi connectivity index (χ1) is 27.5. The van der Waals surface area contributed by atoms with Gasteiger partial charge in [0.25, 0.3) is 5.91 Å². The van der Waals surface area contributed by atoms with Crippen LogP contribution in [0.5, 0.6) is 0 Å². The smallest absolute Gasteiger partial charge is 0.263 e. The van der Waals surface area contributed by atoms with Crippen molar-refractivity contribution in [2.24, 2.45) is 0 Å². The van der Waals surface area contributed by atoms with Gasteiger partial charge in [-0.1, -0.05) is 146 Å². The lowest BCUT2D eigenvalue weighted by atomic mass is 9.92. The Balaban J connectivity index is 1.19. The third kappa shape index (κ3) is 5.30. The molecule has 2 heterocycles. The topological polar surface area (TPSA) is 45.5 Å². The number of fused-ring (bicyclic) bond motifs is 4. The Morgan fingerprint density at radius 2 is 0.946 bits per heavy atom. The van der Waals surface area contributed by atoms with Crippen LogP contribution >= 0.6 is 0 Å². The summed E-state index contributed by atoms with van der Waals surface area (Å²) in [5.74, 6) is -0.242. The van der Waals surface area contributed by atoms with Crippen molar-refractivity contribution in [3.63, 3.8) is 0 Å². The maximum Gasteiger partial charge on any atom is 0.263 e. The van der Waals surface area contributed by atoms with Crippen molar-refractivity contribution in [1.82, 2.24) is 4.57 Å². The number of carbonyl (C=O) groups is 1. The first-order valence-corrected chi connectivity index (χ1v) is 19.1.